The summed E-state index contributed by atoms with van der Waals surface area (Å²) in [4.78, 5) is 26.0. The van der Waals surface area contributed by atoms with E-state index in [4.69, 9.17) is 0 Å². The maximum absolute atomic E-state index is 12.2. The summed E-state index contributed by atoms with van der Waals surface area (Å²) >= 11 is 0. The summed E-state index contributed by atoms with van der Waals surface area (Å²) in [7, 11) is 0. The average Bonchev–Trinajstić information content (AvgIpc) is 3.10. The van der Waals surface area contributed by atoms with Crippen molar-refractivity contribution >= 4 is 11.8 Å². The van der Waals surface area contributed by atoms with Crippen LogP contribution >= 0.6 is 0 Å². The minimum atomic E-state index is -0.695. The third kappa shape index (κ3) is 2.61. The predicted octanol–water partition coefficient (Wildman–Crippen LogP) is 0.419. The van der Waals surface area contributed by atoms with Crippen LogP contribution in [0.4, 0.5) is 0 Å². The molecule has 1 aliphatic heterocycles. The Morgan fingerprint density at radius 2 is 1.95 bits per heavy atom. The van der Waals surface area contributed by atoms with Crippen LogP contribution in [0.25, 0.3) is 0 Å². The van der Waals surface area contributed by atoms with E-state index >= 15 is 0 Å². The lowest BCUT2D eigenvalue weighted by Crippen LogP contribution is -2.52. The van der Waals surface area contributed by atoms with Gasteiger partial charge < -0.3 is 15.3 Å². The summed E-state index contributed by atoms with van der Waals surface area (Å²) in [6.07, 6.45) is 6.17. The molecule has 2 N–H and O–H groups in total. The normalized spacial score (nSPS) is 28.9. The second-order valence-corrected chi connectivity index (χ2v) is 6.26. The molecule has 1 unspecified atom stereocenters. The Hall–Kier alpha value is -1.10. The number of carbonyl (C=O) groups excluding carboxylic acids is 2. The third-order valence-corrected chi connectivity index (χ3v) is 4.64. The molecule has 0 aromatic carbocycles. The van der Waals surface area contributed by atoms with E-state index in [-0.39, 0.29) is 23.8 Å². The van der Waals surface area contributed by atoms with Gasteiger partial charge >= 0.3 is 0 Å². The van der Waals surface area contributed by atoms with Gasteiger partial charge in [0, 0.05) is 19.0 Å². The van der Waals surface area contributed by atoms with Gasteiger partial charge in [0.15, 0.2) is 0 Å². The fraction of sp³-hybridized carbons (Fsp3) is 0.857. The molecule has 0 spiro atoms. The van der Waals surface area contributed by atoms with Gasteiger partial charge in [0.1, 0.15) is 6.04 Å². The van der Waals surface area contributed by atoms with Crippen molar-refractivity contribution in [3.8, 4) is 0 Å². The molecule has 0 radical (unpaired) electrons. The van der Waals surface area contributed by atoms with Crippen LogP contribution in [0.5, 0.6) is 0 Å². The zero-order valence-corrected chi connectivity index (χ0v) is 11.2. The van der Waals surface area contributed by atoms with Crippen LogP contribution in [0.1, 0.15) is 44.9 Å². The van der Waals surface area contributed by atoms with Crippen molar-refractivity contribution in [3.05, 3.63) is 0 Å². The van der Waals surface area contributed by atoms with Crippen molar-refractivity contribution in [1.82, 2.24) is 10.2 Å². The third-order valence-electron chi connectivity index (χ3n) is 4.64. The first-order valence-electron chi connectivity index (χ1n) is 7.40. The number of hydrogen-bond donors (Lipinski definition) is 2. The molecule has 3 fully saturated rings. The van der Waals surface area contributed by atoms with Crippen molar-refractivity contribution in [3.63, 3.8) is 0 Å². The number of likely N-dealkylation sites (tertiary alicyclic amines) is 1. The summed E-state index contributed by atoms with van der Waals surface area (Å²) in [5.74, 6) is 0.232. The molecule has 0 bridgehead atoms. The van der Waals surface area contributed by atoms with Crippen LogP contribution in [-0.2, 0) is 9.59 Å². The van der Waals surface area contributed by atoms with Gasteiger partial charge in [-0.05, 0) is 44.9 Å². The average molecular weight is 266 g/mol. The van der Waals surface area contributed by atoms with E-state index in [1.165, 1.54) is 0 Å². The van der Waals surface area contributed by atoms with Gasteiger partial charge in [0.2, 0.25) is 11.8 Å². The fourth-order valence-electron chi connectivity index (χ4n) is 3.00. The molecule has 0 aromatic heterocycles. The number of nitrogens with zero attached hydrogens (tertiary/aromatic N) is 1. The van der Waals surface area contributed by atoms with Crippen molar-refractivity contribution in [1.29, 1.82) is 0 Å². The Bertz CT molecular complexity index is 388. The fourth-order valence-corrected chi connectivity index (χ4v) is 3.00. The number of amides is 2. The molecule has 0 aromatic rings. The van der Waals surface area contributed by atoms with Gasteiger partial charge in [-0.2, -0.15) is 0 Å². The molecule has 3 rings (SSSR count). The van der Waals surface area contributed by atoms with Crippen molar-refractivity contribution in [2.75, 3.05) is 13.1 Å². The largest absolute Gasteiger partial charge is 0.388 e. The van der Waals surface area contributed by atoms with Crippen LogP contribution in [0, 0.1) is 5.92 Å². The Morgan fingerprint density at radius 3 is 2.53 bits per heavy atom. The van der Waals surface area contributed by atoms with E-state index < -0.39 is 5.60 Å². The molecule has 19 heavy (non-hydrogen) atoms. The quantitative estimate of drug-likeness (QED) is 0.774. The molecule has 5 nitrogen and oxygen atoms in total. The van der Waals surface area contributed by atoms with Crippen LogP contribution in [0.3, 0.4) is 0 Å². The molecule has 1 heterocycles. The standard InChI is InChI=1S/C14H22N2O3/c17-12(15-9-14(19)6-2-7-14)11-3-1-8-16(11)13(18)10-4-5-10/h10-11,19H,1-9H2,(H,15,17). The van der Waals surface area contributed by atoms with Gasteiger partial charge in [-0.25, -0.2) is 0 Å². The second kappa shape index (κ2) is 4.78. The highest BCUT2D eigenvalue weighted by Crippen LogP contribution is 2.34. The second-order valence-electron chi connectivity index (χ2n) is 6.26. The Kier molecular flexibility index (Phi) is 3.25. The van der Waals surface area contributed by atoms with Crippen LogP contribution in [0.15, 0.2) is 0 Å². The maximum Gasteiger partial charge on any atom is 0.242 e. The number of carbonyl (C=O) groups is 2. The Morgan fingerprint density at radius 1 is 1.21 bits per heavy atom. The van der Waals surface area contributed by atoms with Gasteiger partial charge in [-0.1, -0.05) is 0 Å². The molecular weight excluding hydrogens is 244 g/mol. The molecule has 2 aliphatic carbocycles. The first-order chi connectivity index (χ1) is 9.09. The van der Waals surface area contributed by atoms with Gasteiger partial charge in [-0.3, -0.25) is 9.59 Å². The first-order valence-corrected chi connectivity index (χ1v) is 7.40. The maximum atomic E-state index is 12.2. The zero-order valence-electron chi connectivity index (χ0n) is 11.2. The molecule has 1 atom stereocenters. The first kappa shape index (κ1) is 12.9. The highest BCUT2D eigenvalue weighted by Gasteiger charge is 2.41. The van der Waals surface area contributed by atoms with E-state index in [1.54, 1.807) is 4.90 Å². The lowest BCUT2D eigenvalue weighted by Gasteiger charge is -2.37. The summed E-state index contributed by atoms with van der Waals surface area (Å²) in [6.45, 7) is 1.03. The number of nitrogens with one attached hydrogen (secondary N) is 1. The van der Waals surface area contributed by atoms with Crippen LogP contribution < -0.4 is 5.32 Å². The lowest BCUT2D eigenvalue weighted by atomic mass is 9.80. The molecule has 2 saturated carbocycles. The minimum absolute atomic E-state index is 0.0909. The van der Waals surface area contributed by atoms with Gasteiger partial charge in [0.05, 0.1) is 5.60 Å². The van der Waals surface area contributed by atoms with E-state index in [0.717, 1.165) is 44.9 Å². The summed E-state index contributed by atoms with van der Waals surface area (Å²) in [5, 5.41) is 12.8. The minimum Gasteiger partial charge on any atom is -0.388 e. The van der Waals surface area contributed by atoms with Gasteiger partial charge in [0.25, 0.3) is 0 Å². The van der Waals surface area contributed by atoms with Crippen molar-refractivity contribution in [2.45, 2.75) is 56.6 Å². The van der Waals surface area contributed by atoms with Crippen LogP contribution in [0.2, 0.25) is 0 Å². The molecular formula is C14H22N2O3. The molecule has 3 aliphatic rings. The van der Waals surface area contributed by atoms with E-state index in [2.05, 4.69) is 5.32 Å². The number of rotatable bonds is 4. The lowest BCUT2D eigenvalue weighted by molar-refractivity contribution is -0.140. The monoisotopic (exact) mass is 266 g/mol. The SMILES string of the molecule is O=C(NCC1(O)CCC1)C1CCCN1C(=O)C1CC1. The van der Waals surface area contributed by atoms with E-state index in [0.29, 0.717) is 13.1 Å². The topological polar surface area (TPSA) is 69.6 Å². The number of aliphatic hydroxyl groups is 1. The molecule has 1 saturated heterocycles. The van der Waals surface area contributed by atoms with Crippen molar-refractivity contribution in [2.24, 2.45) is 5.92 Å². The van der Waals surface area contributed by atoms with E-state index in [1.807, 2.05) is 0 Å². The predicted molar refractivity (Wildman–Crippen MR) is 69.3 cm³/mol. The van der Waals surface area contributed by atoms with Crippen LogP contribution in [-0.4, -0.2) is 46.6 Å². The zero-order chi connectivity index (χ0) is 13.5. The molecule has 5 heteroatoms. The summed E-state index contributed by atoms with van der Waals surface area (Å²) in [5.41, 5.74) is -0.695. The smallest absolute Gasteiger partial charge is 0.242 e. The Balaban J connectivity index is 1.54. The highest BCUT2D eigenvalue weighted by atomic mass is 16.3. The summed E-state index contributed by atoms with van der Waals surface area (Å²) in [6, 6.07) is -0.309. The Labute approximate surface area is 113 Å². The summed E-state index contributed by atoms with van der Waals surface area (Å²) < 4.78 is 0. The molecule has 2 amide bonds. The van der Waals surface area contributed by atoms with Crippen molar-refractivity contribution < 1.29 is 14.7 Å². The number of hydrogen-bond acceptors (Lipinski definition) is 3. The molecule has 106 valence electrons. The highest BCUT2D eigenvalue weighted by molar-refractivity contribution is 5.90. The van der Waals surface area contributed by atoms with Gasteiger partial charge in [-0.15, -0.1) is 0 Å². The van der Waals surface area contributed by atoms with E-state index in [9.17, 15) is 14.7 Å².